The third-order valence-electron chi connectivity index (χ3n) is 3.78. The summed E-state index contributed by atoms with van der Waals surface area (Å²) in [6.07, 6.45) is 1.96. The molecule has 2 aromatic carbocycles. The first-order valence-corrected chi connectivity index (χ1v) is 7.98. The van der Waals surface area contributed by atoms with Crippen LogP contribution in [-0.2, 0) is 12.8 Å². The lowest BCUT2D eigenvalue weighted by atomic mass is 9.90. The van der Waals surface area contributed by atoms with E-state index < -0.39 is 0 Å². The van der Waals surface area contributed by atoms with Gasteiger partial charge in [-0.25, -0.2) is 0 Å². The zero-order valence-electron chi connectivity index (χ0n) is 12.5. The van der Waals surface area contributed by atoms with E-state index >= 15 is 0 Å². The molecule has 1 N–H and O–H groups in total. The van der Waals surface area contributed by atoms with Gasteiger partial charge in [0.2, 0.25) is 0 Å². The molecule has 1 unspecified atom stereocenters. The molecule has 0 aliphatic rings. The SMILES string of the molecule is CNCC(Cc1ccccc1C)Cc1cc(Cl)ccc1Cl. The van der Waals surface area contributed by atoms with E-state index in [-0.39, 0.29) is 0 Å². The van der Waals surface area contributed by atoms with Crippen molar-refractivity contribution < 1.29 is 0 Å². The number of aryl methyl sites for hydroxylation is 1. The Labute approximate surface area is 137 Å². The quantitative estimate of drug-likeness (QED) is 0.796. The summed E-state index contributed by atoms with van der Waals surface area (Å²) in [5.41, 5.74) is 3.87. The highest BCUT2D eigenvalue weighted by atomic mass is 35.5. The first kappa shape index (κ1) is 16.4. The number of halogens is 2. The predicted octanol–water partition coefficient (Wildman–Crippen LogP) is 4.92. The second-order valence-corrected chi connectivity index (χ2v) is 6.34. The van der Waals surface area contributed by atoms with E-state index in [1.807, 2.05) is 25.2 Å². The molecule has 0 fully saturated rings. The summed E-state index contributed by atoms with van der Waals surface area (Å²) in [5, 5.41) is 4.83. The third kappa shape index (κ3) is 4.74. The monoisotopic (exact) mass is 321 g/mol. The topological polar surface area (TPSA) is 12.0 Å². The number of nitrogens with one attached hydrogen (secondary N) is 1. The van der Waals surface area contributed by atoms with Crippen molar-refractivity contribution in [3.05, 3.63) is 69.2 Å². The van der Waals surface area contributed by atoms with E-state index in [0.717, 1.165) is 35.0 Å². The zero-order chi connectivity index (χ0) is 15.2. The molecule has 0 saturated heterocycles. The Balaban J connectivity index is 2.16. The fourth-order valence-corrected chi connectivity index (χ4v) is 3.06. The Morgan fingerprint density at radius 1 is 1.00 bits per heavy atom. The van der Waals surface area contributed by atoms with Crippen molar-refractivity contribution in [1.29, 1.82) is 0 Å². The Bertz CT molecular complexity index is 596. The van der Waals surface area contributed by atoms with Crippen LogP contribution >= 0.6 is 23.2 Å². The van der Waals surface area contributed by atoms with Gasteiger partial charge in [0.05, 0.1) is 0 Å². The lowest BCUT2D eigenvalue weighted by Crippen LogP contribution is -2.23. The first-order chi connectivity index (χ1) is 10.1. The van der Waals surface area contributed by atoms with Gasteiger partial charge < -0.3 is 5.32 Å². The molecular formula is C18H21Cl2N. The maximum atomic E-state index is 6.30. The van der Waals surface area contributed by atoms with Crippen LogP contribution in [0.15, 0.2) is 42.5 Å². The molecule has 0 spiro atoms. The van der Waals surface area contributed by atoms with E-state index in [0.29, 0.717) is 5.92 Å². The molecule has 2 aromatic rings. The van der Waals surface area contributed by atoms with Crippen LogP contribution in [0, 0.1) is 12.8 Å². The highest BCUT2D eigenvalue weighted by molar-refractivity contribution is 6.33. The zero-order valence-corrected chi connectivity index (χ0v) is 14.0. The fraction of sp³-hybridized carbons (Fsp3) is 0.333. The molecule has 0 amide bonds. The van der Waals surface area contributed by atoms with Crippen molar-refractivity contribution in [2.45, 2.75) is 19.8 Å². The fourth-order valence-electron chi connectivity index (χ4n) is 2.67. The molecule has 1 atom stereocenters. The van der Waals surface area contributed by atoms with Crippen LogP contribution in [-0.4, -0.2) is 13.6 Å². The molecule has 0 saturated carbocycles. The lowest BCUT2D eigenvalue weighted by molar-refractivity contribution is 0.492. The molecule has 0 aliphatic carbocycles. The molecule has 0 bridgehead atoms. The maximum absolute atomic E-state index is 6.30. The Morgan fingerprint density at radius 2 is 1.71 bits per heavy atom. The van der Waals surface area contributed by atoms with Gasteiger partial charge in [-0.05, 0) is 74.2 Å². The van der Waals surface area contributed by atoms with Crippen molar-refractivity contribution in [2.75, 3.05) is 13.6 Å². The van der Waals surface area contributed by atoms with Crippen LogP contribution < -0.4 is 5.32 Å². The third-order valence-corrected chi connectivity index (χ3v) is 4.38. The molecule has 3 heteroatoms. The number of hydrogen-bond donors (Lipinski definition) is 1. The van der Waals surface area contributed by atoms with E-state index in [9.17, 15) is 0 Å². The normalized spacial score (nSPS) is 12.4. The molecule has 2 rings (SSSR count). The Hall–Kier alpha value is -1.02. The van der Waals surface area contributed by atoms with E-state index in [1.165, 1.54) is 11.1 Å². The van der Waals surface area contributed by atoms with Crippen LogP contribution in [0.3, 0.4) is 0 Å². The summed E-state index contributed by atoms with van der Waals surface area (Å²) >= 11 is 12.4. The summed E-state index contributed by atoms with van der Waals surface area (Å²) in [6, 6.07) is 14.2. The van der Waals surface area contributed by atoms with Crippen molar-refractivity contribution in [3.8, 4) is 0 Å². The van der Waals surface area contributed by atoms with Gasteiger partial charge in [0.15, 0.2) is 0 Å². The average Bonchev–Trinajstić information content (AvgIpc) is 2.45. The highest BCUT2D eigenvalue weighted by Gasteiger charge is 2.13. The summed E-state index contributed by atoms with van der Waals surface area (Å²) in [4.78, 5) is 0. The van der Waals surface area contributed by atoms with Crippen LogP contribution in [0.4, 0.5) is 0 Å². The van der Waals surface area contributed by atoms with Crippen molar-refractivity contribution in [1.82, 2.24) is 5.32 Å². The van der Waals surface area contributed by atoms with Crippen LogP contribution in [0.5, 0.6) is 0 Å². The van der Waals surface area contributed by atoms with Crippen LogP contribution in [0.1, 0.15) is 16.7 Å². The van der Waals surface area contributed by atoms with Gasteiger partial charge in [0, 0.05) is 10.0 Å². The Morgan fingerprint density at radius 3 is 2.43 bits per heavy atom. The summed E-state index contributed by atoms with van der Waals surface area (Å²) in [6.45, 7) is 3.12. The average molecular weight is 322 g/mol. The molecule has 0 aromatic heterocycles. The molecule has 1 nitrogen and oxygen atoms in total. The number of rotatable bonds is 6. The van der Waals surface area contributed by atoms with Crippen molar-refractivity contribution in [3.63, 3.8) is 0 Å². The van der Waals surface area contributed by atoms with Gasteiger partial charge in [-0.3, -0.25) is 0 Å². The van der Waals surface area contributed by atoms with Gasteiger partial charge in [0.25, 0.3) is 0 Å². The molecular weight excluding hydrogens is 301 g/mol. The van der Waals surface area contributed by atoms with Gasteiger partial charge >= 0.3 is 0 Å². The van der Waals surface area contributed by atoms with Gasteiger partial charge in [0.1, 0.15) is 0 Å². The van der Waals surface area contributed by atoms with E-state index in [4.69, 9.17) is 23.2 Å². The minimum Gasteiger partial charge on any atom is -0.319 e. The van der Waals surface area contributed by atoms with E-state index in [2.05, 4.69) is 36.5 Å². The lowest BCUT2D eigenvalue weighted by Gasteiger charge is -2.19. The summed E-state index contributed by atoms with van der Waals surface area (Å²) < 4.78 is 0. The molecule has 0 aliphatic heterocycles. The second kappa shape index (κ2) is 7.84. The largest absolute Gasteiger partial charge is 0.319 e. The highest BCUT2D eigenvalue weighted by Crippen LogP contribution is 2.25. The molecule has 112 valence electrons. The molecule has 0 heterocycles. The van der Waals surface area contributed by atoms with Gasteiger partial charge in [-0.1, -0.05) is 47.5 Å². The van der Waals surface area contributed by atoms with Gasteiger partial charge in [-0.2, -0.15) is 0 Å². The standard InChI is InChI=1S/C18H21Cl2N/c1-13-5-3-4-6-15(13)9-14(12-21-2)10-16-11-17(19)7-8-18(16)20/h3-8,11,14,21H,9-10,12H2,1-2H3. The minimum atomic E-state index is 0.493. The smallest absolute Gasteiger partial charge is 0.0439 e. The molecule has 0 radical (unpaired) electrons. The van der Waals surface area contributed by atoms with E-state index in [1.54, 1.807) is 0 Å². The number of hydrogen-bond acceptors (Lipinski definition) is 1. The first-order valence-electron chi connectivity index (χ1n) is 7.23. The second-order valence-electron chi connectivity index (χ2n) is 5.49. The predicted molar refractivity (Wildman–Crippen MR) is 92.5 cm³/mol. The van der Waals surface area contributed by atoms with Crippen LogP contribution in [0.2, 0.25) is 10.0 Å². The van der Waals surface area contributed by atoms with Crippen molar-refractivity contribution in [2.24, 2.45) is 5.92 Å². The minimum absolute atomic E-state index is 0.493. The maximum Gasteiger partial charge on any atom is 0.0439 e. The van der Waals surface area contributed by atoms with Crippen LogP contribution in [0.25, 0.3) is 0 Å². The van der Waals surface area contributed by atoms with Crippen molar-refractivity contribution >= 4 is 23.2 Å². The van der Waals surface area contributed by atoms with Gasteiger partial charge in [-0.15, -0.1) is 0 Å². The summed E-state index contributed by atoms with van der Waals surface area (Å²) in [7, 11) is 1.99. The summed E-state index contributed by atoms with van der Waals surface area (Å²) in [5.74, 6) is 0.493. The Kier molecular flexibility index (Phi) is 6.10. The molecule has 21 heavy (non-hydrogen) atoms. The number of benzene rings is 2.